The molecule has 1 aliphatic carbocycles. The maximum Gasteiger partial charge on any atom is 0.319 e. The van der Waals surface area contributed by atoms with Crippen LogP contribution in [0.5, 0.6) is 0 Å². The van der Waals surface area contributed by atoms with Crippen molar-refractivity contribution in [2.75, 3.05) is 32.1 Å². The largest absolute Gasteiger partial charge is 0.468 e. The number of halogens is 1. The second kappa shape index (κ2) is 8.43. The van der Waals surface area contributed by atoms with Crippen LogP contribution in [0.15, 0.2) is 16.7 Å². The number of hydrogen-bond acceptors (Lipinski definition) is 6. The lowest BCUT2D eigenvalue weighted by Gasteiger charge is -2.31. The number of esters is 1. The molecule has 0 unspecified atom stereocenters. The Kier molecular flexibility index (Phi) is 6.57. The molecule has 1 aliphatic rings. The summed E-state index contributed by atoms with van der Waals surface area (Å²) in [6.45, 7) is 1.29. The summed E-state index contributed by atoms with van der Waals surface area (Å²) in [5.41, 5.74) is 0. The summed E-state index contributed by atoms with van der Waals surface area (Å²) in [5, 5.41) is 11.5. The van der Waals surface area contributed by atoms with Crippen molar-refractivity contribution in [3.8, 4) is 0 Å². The van der Waals surface area contributed by atoms with Gasteiger partial charge in [0.15, 0.2) is 5.82 Å². The van der Waals surface area contributed by atoms with Gasteiger partial charge in [-0.05, 0) is 59.7 Å². The Labute approximate surface area is 139 Å². The minimum Gasteiger partial charge on any atom is -0.468 e. The molecule has 0 aromatic carbocycles. The Morgan fingerprint density at radius 3 is 2.68 bits per heavy atom. The first-order valence-electron chi connectivity index (χ1n) is 7.59. The molecule has 1 fully saturated rings. The summed E-state index contributed by atoms with van der Waals surface area (Å²) in [7, 11) is 3.47. The van der Waals surface area contributed by atoms with Crippen LogP contribution in [0.1, 0.15) is 25.7 Å². The van der Waals surface area contributed by atoms with Crippen molar-refractivity contribution in [3.63, 3.8) is 0 Å². The van der Waals surface area contributed by atoms with E-state index in [1.807, 2.05) is 12.1 Å². The SMILES string of the molecule is COC(=O)CN[C@H]1CC[C@H](CN(C)c2ccc(Br)nn2)CC1. The van der Waals surface area contributed by atoms with Crippen LogP contribution in [-0.4, -0.2) is 49.5 Å². The second-order valence-electron chi connectivity index (χ2n) is 5.77. The number of rotatable bonds is 6. The normalized spacial score (nSPS) is 21.4. The van der Waals surface area contributed by atoms with E-state index in [0.717, 1.165) is 42.6 Å². The zero-order valence-electron chi connectivity index (χ0n) is 13.1. The van der Waals surface area contributed by atoms with Gasteiger partial charge in [-0.15, -0.1) is 10.2 Å². The van der Waals surface area contributed by atoms with Crippen LogP contribution >= 0.6 is 15.9 Å². The first-order valence-corrected chi connectivity index (χ1v) is 8.38. The van der Waals surface area contributed by atoms with Crippen molar-refractivity contribution < 1.29 is 9.53 Å². The highest BCUT2D eigenvalue weighted by molar-refractivity contribution is 9.10. The molecule has 1 aromatic heterocycles. The molecular formula is C15H23BrN4O2. The van der Waals surface area contributed by atoms with Gasteiger partial charge in [-0.1, -0.05) is 0 Å². The van der Waals surface area contributed by atoms with Crippen LogP contribution in [0.4, 0.5) is 5.82 Å². The van der Waals surface area contributed by atoms with E-state index in [0.29, 0.717) is 18.5 Å². The monoisotopic (exact) mass is 370 g/mol. The molecule has 0 amide bonds. The van der Waals surface area contributed by atoms with Gasteiger partial charge in [0.1, 0.15) is 4.60 Å². The van der Waals surface area contributed by atoms with Gasteiger partial charge < -0.3 is 15.0 Å². The van der Waals surface area contributed by atoms with Crippen LogP contribution in [0.25, 0.3) is 0 Å². The molecule has 1 heterocycles. The molecular weight excluding hydrogens is 348 g/mol. The van der Waals surface area contributed by atoms with E-state index >= 15 is 0 Å². The second-order valence-corrected chi connectivity index (χ2v) is 6.58. The number of nitrogens with one attached hydrogen (secondary N) is 1. The molecule has 2 rings (SSSR count). The van der Waals surface area contributed by atoms with Crippen molar-refractivity contribution >= 4 is 27.7 Å². The first kappa shape index (κ1) is 17.1. The Morgan fingerprint density at radius 2 is 2.09 bits per heavy atom. The molecule has 1 saturated carbocycles. The highest BCUT2D eigenvalue weighted by Crippen LogP contribution is 2.26. The van der Waals surface area contributed by atoms with E-state index in [4.69, 9.17) is 0 Å². The van der Waals surface area contributed by atoms with E-state index in [-0.39, 0.29) is 5.97 Å². The topological polar surface area (TPSA) is 67.3 Å². The van der Waals surface area contributed by atoms with Gasteiger partial charge >= 0.3 is 5.97 Å². The number of nitrogens with zero attached hydrogens (tertiary/aromatic N) is 3. The number of hydrogen-bond donors (Lipinski definition) is 1. The van der Waals surface area contributed by atoms with Crippen LogP contribution in [-0.2, 0) is 9.53 Å². The van der Waals surface area contributed by atoms with Crippen molar-refractivity contribution in [3.05, 3.63) is 16.7 Å². The zero-order chi connectivity index (χ0) is 15.9. The fourth-order valence-electron chi connectivity index (χ4n) is 2.84. The lowest BCUT2D eigenvalue weighted by atomic mass is 9.85. The van der Waals surface area contributed by atoms with Gasteiger partial charge in [0.05, 0.1) is 13.7 Å². The molecule has 0 aliphatic heterocycles. The van der Waals surface area contributed by atoms with Gasteiger partial charge in [0.25, 0.3) is 0 Å². The highest BCUT2D eigenvalue weighted by atomic mass is 79.9. The average Bonchev–Trinajstić information content (AvgIpc) is 2.54. The van der Waals surface area contributed by atoms with Crippen molar-refractivity contribution in [1.29, 1.82) is 0 Å². The maximum absolute atomic E-state index is 11.1. The molecule has 0 radical (unpaired) electrons. The third-order valence-electron chi connectivity index (χ3n) is 4.15. The zero-order valence-corrected chi connectivity index (χ0v) is 14.7. The number of carbonyl (C=O) groups is 1. The number of methoxy groups -OCH3 is 1. The summed E-state index contributed by atoms with van der Waals surface area (Å²) in [4.78, 5) is 13.3. The number of carbonyl (C=O) groups excluding carboxylic acids is 1. The Balaban J connectivity index is 1.72. The van der Waals surface area contributed by atoms with Crippen LogP contribution in [0.3, 0.4) is 0 Å². The number of anilines is 1. The van der Waals surface area contributed by atoms with E-state index in [1.54, 1.807) is 0 Å². The van der Waals surface area contributed by atoms with Gasteiger partial charge in [0, 0.05) is 19.6 Å². The lowest BCUT2D eigenvalue weighted by molar-refractivity contribution is -0.139. The Morgan fingerprint density at radius 1 is 1.36 bits per heavy atom. The molecule has 0 saturated heterocycles. The first-order chi connectivity index (χ1) is 10.6. The third-order valence-corrected chi connectivity index (χ3v) is 4.57. The molecule has 7 heteroatoms. The molecule has 1 N–H and O–H groups in total. The quantitative estimate of drug-likeness (QED) is 0.772. The minimum atomic E-state index is -0.198. The van der Waals surface area contributed by atoms with Gasteiger partial charge in [-0.3, -0.25) is 4.79 Å². The number of aromatic nitrogens is 2. The van der Waals surface area contributed by atoms with E-state index in [2.05, 4.69) is 48.1 Å². The van der Waals surface area contributed by atoms with Gasteiger partial charge in [0.2, 0.25) is 0 Å². The van der Waals surface area contributed by atoms with Gasteiger partial charge in [-0.2, -0.15) is 0 Å². The lowest BCUT2D eigenvalue weighted by Crippen LogP contribution is -2.38. The third kappa shape index (κ3) is 5.21. The smallest absolute Gasteiger partial charge is 0.319 e. The fourth-order valence-corrected chi connectivity index (χ4v) is 3.05. The van der Waals surface area contributed by atoms with Crippen LogP contribution in [0.2, 0.25) is 0 Å². The summed E-state index contributed by atoms with van der Waals surface area (Å²) < 4.78 is 5.40. The predicted octanol–water partition coefficient (Wildman–Crippen LogP) is 2.00. The van der Waals surface area contributed by atoms with Crippen molar-refractivity contribution in [2.45, 2.75) is 31.7 Å². The van der Waals surface area contributed by atoms with Crippen LogP contribution in [0, 0.1) is 5.92 Å². The summed E-state index contributed by atoms with van der Waals surface area (Å²) in [6, 6.07) is 4.31. The number of ether oxygens (including phenoxy) is 1. The Hall–Kier alpha value is -1.21. The molecule has 0 bridgehead atoms. The fraction of sp³-hybridized carbons (Fsp3) is 0.667. The van der Waals surface area contributed by atoms with E-state index < -0.39 is 0 Å². The van der Waals surface area contributed by atoms with Crippen molar-refractivity contribution in [2.24, 2.45) is 5.92 Å². The molecule has 122 valence electrons. The predicted molar refractivity (Wildman–Crippen MR) is 88.8 cm³/mol. The maximum atomic E-state index is 11.1. The summed E-state index contributed by atoms with van der Waals surface area (Å²) in [5.74, 6) is 1.36. The standard InChI is InChI=1S/C15H23BrN4O2/c1-20(14-8-7-13(16)18-19-14)10-11-3-5-12(6-4-11)17-9-15(21)22-2/h7-8,11-12,17H,3-6,9-10H2,1-2H3/t11-,12-. The molecule has 6 nitrogen and oxygen atoms in total. The highest BCUT2D eigenvalue weighted by Gasteiger charge is 2.22. The summed E-state index contributed by atoms with van der Waals surface area (Å²) >= 11 is 3.30. The average molecular weight is 371 g/mol. The minimum absolute atomic E-state index is 0.198. The van der Waals surface area contributed by atoms with E-state index in [1.165, 1.54) is 7.11 Å². The van der Waals surface area contributed by atoms with E-state index in [9.17, 15) is 4.79 Å². The summed E-state index contributed by atoms with van der Waals surface area (Å²) in [6.07, 6.45) is 4.52. The molecule has 0 atom stereocenters. The van der Waals surface area contributed by atoms with Gasteiger partial charge in [-0.25, -0.2) is 0 Å². The molecule has 22 heavy (non-hydrogen) atoms. The molecule has 0 spiro atoms. The van der Waals surface area contributed by atoms with Crippen molar-refractivity contribution in [1.82, 2.24) is 15.5 Å². The Bertz CT molecular complexity index is 475. The van der Waals surface area contributed by atoms with Crippen LogP contribution < -0.4 is 10.2 Å². The molecule has 1 aromatic rings.